The quantitative estimate of drug-likeness (QED) is 0.853. The average molecular weight is 303 g/mol. The number of benzene rings is 1. The maximum Gasteiger partial charge on any atom is 0.262 e. The van der Waals surface area contributed by atoms with Gasteiger partial charge in [-0.2, -0.15) is 0 Å². The summed E-state index contributed by atoms with van der Waals surface area (Å²) in [6.07, 6.45) is 0. The molecule has 1 aromatic rings. The van der Waals surface area contributed by atoms with Gasteiger partial charge in [-0.05, 0) is 12.1 Å². The van der Waals surface area contributed by atoms with Crippen LogP contribution in [0.2, 0.25) is 10.0 Å². The molecule has 4 nitrogen and oxygen atoms in total. The lowest BCUT2D eigenvalue weighted by molar-refractivity contribution is 0.0963. The highest BCUT2D eigenvalue weighted by Crippen LogP contribution is 2.30. The third-order valence-corrected chi connectivity index (χ3v) is 3.86. The number of amides is 1. The molecule has 0 saturated heterocycles. The van der Waals surface area contributed by atoms with Crippen molar-refractivity contribution < 1.29 is 13.2 Å². The Balaban J connectivity index is 3.51. The normalized spacial score (nSPS) is 11.2. The molecule has 0 aliphatic rings. The molecule has 0 aliphatic carbocycles. The predicted molar refractivity (Wildman–Crippen MR) is 62.9 cm³/mol. The molecule has 0 aliphatic heterocycles. The Morgan fingerprint density at radius 2 is 1.81 bits per heavy atom. The lowest BCUT2D eigenvalue weighted by atomic mass is 10.2. The van der Waals surface area contributed by atoms with Crippen LogP contribution in [0.4, 0.5) is 0 Å². The minimum absolute atomic E-state index is 0.00667. The van der Waals surface area contributed by atoms with Gasteiger partial charge in [-0.3, -0.25) is 4.79 Å². The number of halogens is 3. The molecule has 0 unspecified atom stereocenters. The Morgan fingerprint density at radius 3 is 2.25 bits per heavy atom. The number of hydrogen-bond acceptors (Lipinski definition) is 3. The molecule has 0 bridgehead atoms. The molecule has 1 aromatic carbocycles. The molecule has 1 N–H and O–H groups in total. The van der Waals surface area contributed by atoms with E-state index in [1.165, 1.54) is 7.05 Å². The second-order valence-corrected chi connectivity index (χ2v) is 6.13. The minimum Gasteiger partial charge on any atom is -0.355 e. The maximum absolute atomic E-state index is 11.3. The molecular weight excluding hydrogens is 297 g/mol. The van der Waals surface area contributed by atoms with E-state index in [0.29, 0.717) is 0 Å². The second kappa shape index (κ2) is 4.79. The van der Waals surface area contributed by atoms with Crippen LogP contribution in [-0.2, 0) is 9.05 Å². The highest BCUT2D eigenvalue weighted by molar-refractivity contribution is 8.13. The van der Waals surface area contributed by atoms with Crippen molar-refractivity contribution >= 4 is 48.8 Å². The monoisotopic (exact) mass is 301 g/mol. The van der Waals surface area contributed by atoms with Crippen LogP contribution in [0.1, 0.15) is 10.4 Å². The molecule has 0 heterocycles. The van der Waals surface area contributed by atoms with Crippen LogP contribution in [0.25, 0.3) is 0 Å². The van der Waals surface area contributed by atoms with E-state index in [4.69, 9.17) is 33.9 Å². The van der Waals surface area contributed by atoms with E-state index in [1.807, 2.05) is 0 Å². The Bertz CT molecular complexity index is 542. The molecule has 0 saturated carbocycles. The summed E-state index contributed by atoms with van der Waals surface area (Å²) < 4.78 is 22.3. The third-order valence-electron chi connectivity index (χ3n) is 1.76. The lowest BCUT2D eigenvalue weighted by Crippen LogP contribution is -2.18. The zero-order chi connectivity index (χ0) is 12.5. The molecular formula is C8H6Cl3NO3S. The van der Waals surface area contributed by atoms with Crippen molar-refractivity contribution in [3.8, 4) is 0 Å². The van der Waals surface area contributed by atoms with Crippen LogP contribution in [-0.4, -0.2) is 21.4 Å². The number of hydrogen-bond donors (Lipinski definition) is 1. The van der Waals surface area contributed by atoms with Gasteiger partial charge in [-0.25, -0.2) is 8.42 Å². The van der Waals surface area contributed by atoms with Crippen molar-refractivity contribution in [2.75, 3.05) is 7.05 Å². The van der Waals surface area contributed by atoms with Crippen molar-refractivity contribution in [2.24, 2.45) is 0 Å². The SMILES string of the molecule is CNC(=O)c1cc(S(=O)(=O)Cl)c(Cl)cc1Cl. The van der Waals surface area contributed by atoms with E-state index >= 15 is 0 Å². The fourth-order valence-electron chi connectivity index (χ4n) is 1.02. The van der Waals surface area contributed by atoms with Gasteiger partial charge in [-0.1, -0.05) is 23.2 Å². The van der Waals surface area contributed by atoms with Crippen molar-refractivity contribution in [1.29, 1.82) is 0 Å². The summed E-state index contributed by atoms with van der Waals surface area (Å²) in [5.74, 6) is -0.525. The summed E-state index contributed by atoms with van der Waals surface area (Å²) >= 11 is 11.4. The fourth-order valence-corrected chi connectivity index (χ4v) is 2.85. The molecule has 1 amide bonds. The summed E-state index contributed by atoms with van der Waals surface area (Å²) in [6.45, 7) is 0. The molecule has 88 valence electrons. The molecule has 0 aromatic heterocycles. The maximum atomic E-state index is 11.3. The number of carbonyl (C=O) groups excluding carboxylic acids is 1. The van der Waals surface area contributed by atoms with Crippen LogP contribution in [0.15, 0.2) is 17.0 Å². The summed E-state index contributed by atoms with van der Waals surface area (Å²) in [5.41, 5.74) is -0.00667. The number of rotatable bonds is 2. The summed E-state index contributed by atoms with van der Waals surface area (Å²) in [6, 6.07) is 2.19. The van der Waals surface area contributed by atoms with Crippen LogP contribution in [0.5, 0.6) is 0 Å². The van der Waals surface area contributed by atoms with Crippen molar-refractivity contribution in [3.63, 3.8) is 0 Å². The smallest absolute Gasteiger partial charge is 0.262 e. The molecule has 8 heteroatoms. The molecule has 0 spiro atoms. The van der Waals surface area contributed by atoms with Gasteiger partial charge in [0.2, 0.25) is 0 Å². The Labute approximate surface area is 107 Å². The van der Waals surface area contributed by atoms with Gasteiger partial charge < -0.3 is 5.32 Å². The Kier molecular flexibility index (Phi) is 4.07. The standard InChI is InChI=1S/C8H6Cl3NO3S/c1-12-8(13)4-2-7(16(11,14)15)6(10)3-5(4)9/h2-3H,1H3,(H,12,13). The summed E-state index contributed by atoms with van der Waals surface area (Å²) in [4.78, 5) is 11.0. The first-order chi connectivity index (χ1) is 7.27. The minimum atomic E-state index is -4.01. The van der Waals surface area contributed by atoms with Crippen molar-refractivity contribution in [2.45, 2.75) is 4.90 Å². The first-order valence-corrected chi connectivity index (χ1v) is 6.99. The lowest BCUT2D eigenvalue weighted by Gasteiger charge is -2.06. The molecule has 16 heavy (non-hydrogen) atoms. The van der Waals surface area contributed by atoms with Crippen LogP contribution in [0.3, 0.4) is 0 Å². The van der Waals surface area contributed by atoms with Gasteiger partial charge in [-0.15, -0.1) is 0 Å². The molecule has 0 atom stereocenters. The van der Waals surface area contributed by atoms with Gasteiger partial charge >= 0.3 is 0 Å². The number of nitrogens with one attached hydrogen (secondary N) is 1. The van der Waals surface area contributed by atoms with E-state index < -0.39 is 15.0 Å². The first-order valence-electron chi connectivity index (χ1n) is 3.93. The summed E-state index contributed by atoms with van der Waals surface area (Å²) in [5, 5.41) is 2.23. The number of carbonyl (C=O) groups is 1. The van der Waals surface area contributed by atoms with Crippen LogP contribution >= 0.6 is 33.9 Å². The van der Waals surface area contributed by atoms with E-state index in [2.05, 4.69) is 5.32 Å². The average Bonchev–Trinajstić information content (AvgIpc) is 2.14. The zero-order valence-corrected chi connectivity index (χ0v) is 11.0. The van der Waals surface area contributed by atoms with Gasteiger partial charge in [0.05, 0.1) is 15.6 Å². The molecule has 0 radical (unpaired) electrons. The zero-order valence-electron chi connectivity index (χ0n) is 7.92. The van der Waals surface area contributed by atoms with Crippen molar-refractivity contribution in [3.05, 3.63) is 27.7 Å². The highest BCUT2D eigenvalue weighted by Gasteiger charge is 2.20. The van der Waals surface area contributed by atoms with Gasteiger partial charge in [0, 0.05) is 17.7 Å². The van der Waals surface area contributed by atoms with Gasteiger partial charge in [0.15, 0.2) is 0 Å². The topological polar surface area (TPSA) is 63.2 Å². The Hall–Kier alpha value is -0.490. The van der Waals surface area contributed by atoms with E-state index in [0.717, 1.165) is 12.1 Å². The molecule has 0 fully saturated rings. The third kappa shape index (κ3) is 2.79. The first kappa shape index (κ1) is 13.6. The largest absolute Gasteiger partial charge is 0.355 e. The Morgan fingerprint density at radius 1 is 1.25 bits per heavy atom. The predicted octanol–water partition coefficient (Wildman–Crippen LogP) is 2.28. The van der Waals surface area contributed by atoms with Crippen molar-refractivity contribution in [1.82, 2.24) is 5.32 Å². The van der Waals surface area contributed by atoms with E-state index in [9.17, 15) is 13.2 Å². The summed E-state index contributed by atoms with van der Waals surface area (Å²) in [7, 11) is 2.53. The van der Waals surface area contributed by atoms with Gasteiger partial charge in [0.1, 0.15) is 4.90 Å². The highest BCUT2D eigenvalue weighted by atomic mass is 35.7. The van der Waals surface area contributed by atoms with E-state index in [-0.39, 0.29) is 20.5 Å². The van der Waals surface area contributed by atoms with Crippen LogP contribution in [0, 0.1) is 0 Å². The fraction of sp³-hybridized carbons (Fsp3) is 0.125. The second-order valence-electron chi connectivity index (χ2n) is 2.78. The van der Waals surface area contributed by atoms with Crippen LogP contribution < -0.4 is 5.32 Å². The van der Waals surface area contributed by atoms with E-state index in [1.54, 1.807) is 0 Å². The molecule has 1 rings (SSSR count). The van der Waals surface area contributed by atoms with Gasteiger partial charge in [0.25, 0.3) is 15.0 Å².